The van der Waals surface area contributed by atoms with Gasteiger partial charge in [-0.05, 0) is 58.9 Å². The Bertz CT molecular complexity index is 1130. The molecular weight excluding hydrogens is 497 g/mol. The molecule has 0 radical (unpaired) electrons. The molecule has 0 saturated heterocycles. The van der Waals surface area contributed by atoms with Crippen LogP contribution in [0, 0.1) is 6.92 Å². The fraction of sp³-hybridized carbons (Fsp3) is 0.417. The minimum Gasteiger partial charge on any atom is -0.350 e. The summed E-state index contributed by atoms with van der Waals surface area (Å²) in [6.07, 6.45) is 0. The molecule has 34 heavy (non-hydrogen) atoms. The molecule has 2 rings (SSSR count). The Morgan fingerprint density at radius 3 is 2.06 bits per heavy atom. The molecule has 10 heteroatoms. The fourth-order valence-electron chi connectivity index (χ4n) is 3.17. The predicted molar refractivity (Wildman–Crippen MR) is 135 cm³/mol. The highest BCUT2D eigenvalue weighted by atomic mass is 35.5. The van der Waals surface area contributed by atoms with Gasteiger partial charge < -0.3 is 10.2 Å². The lowest BCUT2D eigenvalue weighted by atomic mass is 10.1. The number of rotatable bonds is 8. The number of amides is 2. The third-order valence-electron chi connectivity index (χ3n) is 5.14. The Labute approximate surface area is 212 Å². The Kier molecular flexibility index (Phi) is 9.16. The Hall–Kier alpha value is -2.13. The van der Waals surface area contributed by atoms with E-state index in [0.717, 1.165) is 9.87 Å². The highest BCUT2D eigenvalue weighted by Crippen LogP contribution is 2.27. The van der Waals surface area contributed by atoms with Crippen LogP contribution in [0.15, 0.2) is 47.4 Å². The zero-order chi connectivity index (χ0) is 25.8. The van der Waals surface area contributed by atoms with E-state index in [0.29, 0.717) is 15.6 Å². The van der Waals surface area contributed by atoms with Crippen molar-refractivity contribution in [2.75, 3.05) is 13.6 Å². The lowest BCUT2D eigenvalue weighted by molar-refractivity contribution is -0.141. The van der Waals surface area contributed by atoms with Crippen molar-refractivity contribution in [1.29, 1.82) is 0 Å². The van der Waals surface area contributed by atoms with Gasteiger partial charge in [-0.25, -0.2) is 8.42 Å². The highest BCUT2D eigenvalue weighted by Gasteiger charge is 2.32. The topological polar surface area (TPSA) is 86.8 Å². The second-order valence-corrected chi connectivity index (χ2v) is 12.1. The molecule has 0 bridgehead atoms. The molecular formula is C24H31Cl2N3O4S. The second-order valence-electron chi connectivity index (χ2n) is 9.21. The predicted octanol–water partition coefficient (Wildman–Crippen LogP) is 4.25. The molecule has 0 aliphatic heterocycles. The first-order valence-corrected chi connectivity index (χ1v) is 12.9. The summed E-state index contributed by atoms with van der Waals surface area (Å²) in [6, 6.07) is 10.4. The maximum Gasteiger partial charge on any atom is 0.243 e. The van der Waals surface area contributed by atoms with Gasteiger partial charge in [0, 0.05) is 34.7 Å². The zero-order valence-corrected chi connectivity index (χ0v) is 22.6. The number of likely N-dealkylation sites (N-methyl/N-ethyl adjacent to an activating group) is 1. The summed E-state index contributed by atoms with van der Waals surface area (Å²) in [5.41, 5.74) is 0.867. The van der Waals surface area contributed by atoms with Gasteiger partial charge in [0.05, 0.1) is 11.4 Å². The molecule has 2 aromatic rings. The van der Waals surface area contributed by atoms with Crippen molar-refractivity contribution in [2.45, 2.75) is 57.6 Å². The third kappa shape index (κ3) is 7.18. The van der Waals surface area contributed by atoms with E-state index in [9.17, 15) is 18.0 Å². The summed E-state index contributed by atoms with van der Waals surface area (Å²) < 4.78 is 27.0. The first-order valence-electron chi connectivity index (χ1n) is 10.7. The van der Waals surface area contributed by atoms with Gasteiger partial charge in [-0.3, -0.25) is 9.59 Å². The summed E-state index contributed by atoms with van der Waals surface area (Å²) in [6.45, 7) is 8.40. The normalized spacial score (nSPS) is 13.0. The number of nitrogens with one attached hydrogen (secondary N) is 1. The molecule has 0 saturated carbocycles. The van der Waals surface area contributed by atoms with E-state index in [2.05, 4.69) is 5.32 Å². The van der Waals surface area contributed by atoms with Crippen LogP contribution in [-0.2, 0) is 26.2 Å². The van der Waals surface area contributed by atoms with Crippen LogP contribution < -0.4 is 5.32 Å². The number of halogens is 2. The van der Waals surface area contributed by atoms with Crippen LogP contribution in [-0.4, -0.2) is 54.6 Å². The van der Waals surface area contributed by atoms with E-state index < -0.39 is 34.1 Å². The maximum absolute atomic E-state index is 13.4. The lowest BCUT2D eigenvalue weighted by Crippen LogP contribution is -2.54. The van der Waals surface area contributed by atoms with Crippen LogP contribution in [0.1, 0.15) is 38.8 Å². The van der Waals surface area contributed by atoms with Crippen molar-refractivity contribution in [3.05, 3.63) is 63.6 Å². The molecule has 1 atom stereocenters. The fourth-order valence-corrected chi connectivity index (χ4v) is 4.80. The van der Waals surface area contributed by atoms with Crippen LogP contribution >= 0.6 is 23.2 Å². The molecule has 2 amide bonds. The van der Waals surface area contributed by atoms with Gasteiger partial charge in [0.25, 0.3) is 0 Å². The van der Waals surface area contributed by atoms with Crippen molar-refractivity contribution in [3.8, 4) is 0 Å². The van der Waals surface area contributed by atoms with Gasteiger partial charge in [-0.2, -0.15) is 4.31 Å². The number of carbonyl (C=O) groups excluding carboxylic acids is 2. The van der Waals surface area contributed by atoms with Crippen molar-refractivity contribution in [2.24, 2.45) is 0 Å². The minimum absolute atomic E-state index is 0.0610. The Balaban J connectivity index is 2.36. The van der Waals surface area contributed by atoms with E-state index in [1.807, 2.05) is 27.7 Å². The first kappa shape index (κ1) is 28.1. The van der Waals surface area contributed by atoms with Gasteiger partial charge in [-0.15, -0.1) is 0 Å². The Morgan fingerprint density at radius 1 is 1.03 bits per heavy atom. The van der Waals surface area contributed by atoms with Gasteiger partial charge in [-0.1, -0.05) is 47.0 Å². The number of aryl methyl sites for hydroxylation is 1. The molecule has 0 aromatic heterocycles. The Morgan fingerprint density at radius 2 is 1.56 bits per heavy atom. The van der Waals surface area contributed by atoms with Crippen molar-refractivity contribution in [1.82, 2.24) is 14.5 Å². The van der Waals surface area contributed by atoms with E-state index in [4.69, 9.17) is 23.2 Å². The first-order chi connectivity index (χ1) is 15.6. The number of hydrogen-bond donors (Lipinski definition) is 1. The number of carbonyl (C=O) groups is 2. The quantitative estimate of drug-likeness (QED) is 0.555. The second kappa shape index (κ2) is 11.1. The van der Waals surface area contributed by atoms with E-state index in [-0.39, 0.29) is 17.3 Å². The van der Waals surface area contributed by atoms with Gasteiger partial charge >= 0.3 is 0 Å². The van der Waals surface area contributed by atoms with Crippen LogP contribution in [0.25, 0.3) is 0 Å². The monoisotopic (exact) mass is 527 g/mol. The highest BCUT2D eigenvalue weighted by molar-refractivity contribution is 7.89. The van der Waals surface area contributed by atoms with E-state index in [1.54, 1.807) is 37.3 Å². The molecule has 0 aliphatic rings. The molecule has 0 fully saturated rings. The van der Waals surface area contributed by atoms with Gasteiger partial charge in [0.1, 0.15) is 6.04 Å². The van der Waals surface area contributed by atoms with Crippen molar-refractivity contribution >= 4 is 45.0 Å². The standard InChI is InChI=1S/C24H31Cl2N3O4S/c1-16-10-12-18(13-11-16)34(32,33)28(6)15-22(30)29(17(2)23(31)27-24(3,4)5)14-19-20(25)8-7-9-21(19)26/h7-13,17H,14-15H2,1-6H3,(H,27,31). The number of benzene rings is 2. The number of sulfonamides is 1. The van der Waals surface area contributed by atoms with Crippen LogP contribution in [0.3, 0.4) is 0 Å². The van der Waals surface area contributed by atoms with Gasteiger partial charge in [0.2, 0.25) is 21.8 Å². The summed E-state index contributed by atoms with van der Waals surface area (Å²) in [5.74, 6) is -0.946. The summed E-state index contributed by atoms with van der Waals surface area (Å²) in [4.78, 5) is 27.6. The summed E-state index contributed by atoms with van der Waals surface area (Å²) in [7, 11) is -2.59. The number of hydrogen-bond acceptors (Lipinski definition) is 4. The number of nitrogens with zero attached hydrogens (tertiary/aromatic N) is 2. The van der Waals surface area contributed by atoms with Gasteiger partial charge in [0.15, 0.2) is 0 Å². The van der Waals surface area contributed by atoms with Crippen LogP contribution in [0.4, 0.5) is 0 Å². The van der Waals surface area contributed by atoms with E-state index in [1.165, 1.54) is 24.1 Å². The molecule has 0 spiro atoms. The van der Waals surface area contributed by atoms with Crippen molar-refractivity contribution in [3.63, 3.8) is 0 Å². The molecule has 1 N–H and O–H groups in total. The smallest absolute Gasteiger partial charge is 0.243 e. The third-order valence-corrected chi connectivity index (χ3v) is 7.67. The largest absolute Gasteiger partial charge is 0.350 e. The lowest BCUT2D eigenvalue weighted by Gasteiger charge is -2.32. The molecule has 0 heterocycles. The van der Waals surface area contributed by atoms with E-state index >= 15 is 0 Å². The maximum atomic E-state index is 13.4. The zero-order valence-electron chi connectivity index (χ0n) is 20.2. The SMILES string of the molecule is Cc1ccc(S(=O)(=O)N(C)CC(=O)N(Cc2c(Cl)cccc2Cl)C(C)C(=O)NC(C)(C)C)cc1. The molecule has 2 aromatic carbocycles. The summed E-state index contributed by atoms with van der Waals surface area (Å²) in [5, 5.41) is 3.54. The average Bonchev–Trinajstić information content (AvgIpc) is 2.72. The average molecular weight is 529 g/mol. The molecule has 7 nitrogen and oxygen atoms in total. The van der Waals surface area contributed by atoms with Crippen LogP contribution in [0.5, 0.6) is 0 Å². The van der Waals surface area contributed by atoms with Crippen molar-refractivity contribution < 1.29 is 18.0 Å². The minimum atomic E-state index is -3.92. The molecule has 0 aliphatic carbocycles. The molecule has 186 valence electrons. The molecule has 1 unspecified atom stereocenters. The summed E-state index contributed by atoms with van der Waals surface area (Å²) >= 11 is 12.6. The van der Waals surface area contributed by atoms with Crippen LogP contribution in [0.2, 0.25) is 10.0 Å².